The fraction of sp³-hybridized carbons (Fsp3) is 0.588. The van der Waals surface area contributed by atoms with Gasteiger partial charge in [0.25, 0.3) is 0 Å². The summed E-state index contributed by atoms with van der Waals surface area (Å²) in [7, 11) is 0. The van der Waals surface area contributed by atoms with Crippen LogP contribution in [0.2, 0.25) is 0 Å². The van der Waals surface area contributed by atoms with Crippen LogP contribution in [0.4, 0.5) is 0 Å². The molecule has 1 saturated carbocycles. The third kappa shape index (κ3) is 3.11. The average molecular weight is 288 g/mol. The highest BCUT2D eigenvalue weighted by molar-refractivity contribution is 5.79. The molecular weight excluding hydrogens is 264 g/mol. The van der Waals surface area contributed by atoms with Crippen LogP contribution in [-0.2, 0) is 9.53 Å². The number of rotatable bonds is 2. The van der Waals surface area contributed by atoms with Gasteiger partial charge in [0.2, 0.25) is 5.91 Å². The van der Waals surface area contributed by atoms with Crippen molar-refractivity contribution in [1.82, 2.24) is 4.90 Å². The Labute approximate surface area is 126 Å². The van der Waals surface area contributed by atoms with Gasteiger partial charge in [-0.05, 0) is 31.7 Å². The van der Waals surface area contributed by atoms with Crippen molar-refractivity contribution in [2.45, 2.75) is 44.4 Å². The largest absolute Gasteiger partial charge is 0.370 e. The molecule has 4 unspecified atom stereocenters. The summed E-state index contributed by atoms with van der Waals surface area (Å²) in [4.78, 5) is 14.8. The molecule has 0 radical (unpaired) electrons. The molecule has 4 heteroatoms. The molecule has 0 aromatic heterocycles. The van der Waals surface area contributed by atoms with Gasteiger partial charge in [0.1, 0.15) is 6.10 Å². The van der Waals surface area contributed by atoms with E-state index in [1.54, 1.807) is 0 Å². The van der Waals surface area contributed by atoms with Gasteiger partial charge < -0.3 is 15.4 Å². The molecule has 4 nitrogen and oxygen atoms in total. The number of hydrogen-bond donors (Lipinski definition) is 1. The van der Waals surface area contributed by atoms with Crippen LogP contribution in [0.3, 0.4) is 0 Å². The van der Waals surface area contributed by atoms with Gasteiger partial charge in [-0.3, -0.25) is 4.79 Å². The molecule has 4 atom stereocenters. The van der Waals surface area contributed by atoms with Crippen LogP contribution in [0, 0.1) is 5.92 Å². The molecule has 21 heavy (non-hydrogen) atoms. The van der Waals surface area contributed by atoms with E-state index in [4.69, 9.17) is 10.5 Å². The Hall–Kier alpha value is -1.39. The van der Waals surface area contributed by atoms with Crippen molar-refractivity contribution >= 4 is 5.91 Å². The van der Waals surface area contributed by atoms with Crippen LogP contribution in [0.1, 0.15) is 37.9 Å². The van der Waals surface area contributed by atoms with Crippen LogP contribution < -0.4 is 5.73 Å². The summed E-state index contributed by atoms with van der Waals surface area (Å²) in [5.41, 5.74) is 7.09. The van der Waals surface area contributed by atoms with Crippen molar-refractivity contribution in [3.8, 4) is 0 Å². The fourth-order valence-corrected chi connectivity index (χ4v) is 3.41. The van der Waals surface area contributed by atoms with E-state index in [0.29, 0.717) is 13.2 Å². The fourth-order valence-electron chi connectivity index (χ4n) is 3.41. The van der Waals surface area contributed by atoms with Crippen LogP contribution >= 0.6 is 0 Å². The second-order valence-corrected chi connectivity index (χ2v) is 6.34. The SMILES string of the molecule is CC1COC(c2ccccc2)CN1C(=O)C1CCC(N)C1. The number of ether oxygens (including phenoxy) is 1. The smallest absolute Gasteiger partial charge is 0.226 e. The van der Waals surface area contributed by atoms with E-state index in [1.165, 1.54) is 0 Å². The van der Waals surface area contributed by atoms with Gasteiger partial charge in [0.05, 0.1) is 19.2 Å². The minimum Gasteiger partial charge on any atom is -0.370 e. The molecule has 114 valence electrons. The summed E-state index contributed by atoms with van der Waals surface area (Å²) in [6.45, 7) is 3.31. The van der Waals surface area contributed by atoms with Gasteiger partial charge in [-0.25, -0.2) is 0 Å². The third-order valence-electron chi connectivity index (χ3n) is 4.71. The summed E-state index contributed by atoms with van der Waals surface area (Å²) in [6, 6.07) is 10.5. The minimum absolute atomic E-state index is 0.0126. The number of amides is 1. The van der Waals surface area contributed by atoms with Crippen molar-refractivity contribution in [2.24, 2.45) is 11.7 Å². The van der Waals surface area contributed by atoms with Gasteiger partial charge in [0.15, 0.2) is 0 Å². The zero-order chi connectivity index (χ0) is 14.8. The first-order chi connectivity index (χ1) is 10.1. The van der Waals surface area contributed by atoms with Gasteiger partial charge >= 0.3 is 0 Å². The molecule has 2 N–H and O–H groups in total. The van der Waals surface area contributed by atoms with Crippen LogP contribution in [0.25, 0.3) is 0 Å². The van der Waals surface area contributed by atoms with E-state index in [2.05, 4.69) is 19.1 Å². The molecule has 0 bridgehead atoms. The van der Waals surface area contributed by atoms with Crippen LogP contribution in [-0.4, -0.2) is 36.0 Å². The third-order valence-corrected chi connectivity index (χ3v) is 4.71. The summed E-state index contributed by atoms with van der Waals surface area (Å²) >= 11 is 0. The Morgan fingerprint density at radius 1 is 1.29 bits per heavy atom. The second-order valence-electron chi connectivity index (χ2n) is 6.34. The maximum absolute atomic E-state index is 12.7. The molecule has 2 fully saturated rings. The standard InChI is InChI=1S/C17H24N2O2/c1-12-11-21-16(13-5-3-2-4-6-13)10-19(12)17(20)14-7-8-15(18)9-14/h2-6,12,14-16H,7-11,18H2,1H3. The first-order valence-corrected chi connectivity index (χ1v) is 7.87. The minimum atomic E-state index is -0.0126. The van der Waals surface area contributed by atoms with E-state index in [1.807, 2.05) is 23.1 Å². The van der Waals surface area contributed by atoms with Gasteiger partial charge in [-0.2, -0.15) is 0 Å². The lowest BCUT2D eigenvalue weighted by Crippen LogP contribution is -2.50. The number of hydrogen-bond acceptors (Lipinski definition) is 3. The first-order valence-electron chi connectivity index (χ1n) is 7.87. The molecule has 1 aromatic carbocycles. The summed E-state index contributed by atoms with van der Waals surface area (Å²) in [6.07, 6.45) is 2.72. The number of carbonyl (C=O) groups is 1. The number of morpholine rings is 1. The number of nitrogens with zero attached hydrogens (tertiary/aromatic N) is 1. The van der Waals surface area contributed by atoms with E-state index in [-0.39, 0.29) is 30.0 Å². The molecular formula is C17H24N2O2. The Morgan fingerprint density at radius 3 is 2.71 bits per heavy atom. The maximum atomic E-state index is 12.7. The van der Waals surface area contributed by atoms with Crippen LogP contribution in [0.5, 0.6) is 0 Å². The summed E-state index contributed by atoms with van der Waals surface area (Å²) in [5, 5.41) is 0. The number of benzene rings is 1. The zero-order valence-corrected chi connectivity index (χ0v) is 12.6. The van der Waals surface area contributed by atoms with Crippen molar-refractivity contribution in [2.75, 3.05) is 13.2 Å². The van der Waals surface area contributed by atoms with E-state index in [0.717, 1.165) is 24.8 Å². The predicted molar refractivity (Wildman–Crippen MR) is 81.6 cm³/mol. The molecule has 0 spiro atoms. The Bertz CT molecular complexity index is 491. The number of nitrogens with two attached hydrogens (primary N) is 1. The predicted octanol–water partition coefficient (Wildman–Crippen LogP) is 2.10. The van der Waals surface area contributed by atoms with E-state index >= 15 is 0 Å². The number of carbonyl (C=O) groups excluding carboxylic acids is 1. The lowest BCUT2D eigenvalue weighted by molar-refractivity contribution is -0.148. The van der Waals surface area contributed by atoms with Crippen molar-refractivity contribution in [3.05, 3.63) is 35.9 Å². The molecule has 1 heterocycles. The molecule has 1 saturated heterocycles. The first kappa shape index (κ1) is 14.5. The zero-order valence-electron chi connectivity index (χ0n) is 12.6. The highest BCUT2D eigenvalue weighted by atomic mass is 16.5. The second kappa shape index (κ2) is 6.16. The molecule has 1 aliphatic carbocycles. The molecule has 1 amide bonds. The Kier molecular flexibility index (Phi) is 4.27. The van der Waals surface area contributed by atoms with Crippen LogP contribution in [0.15, 0.2) is 30.3 Å². The van der Waals surface area contributed by atoms with Gasteiger partial charge in [-0.1, -0.05) is 30.3 Å². The summed E-state index contributed by atoms with van der Waals surface area (Å²) < 4.78 is 5.92. The Balaban J connectivity index is 1.70. The Morgan fingerprint density at radius 2 is 2.05 bits per heavy atom. The normalized spacial score (nSPS) is 33.1. The van der Waals surface area contributed by atoms with Crippen molar-refractivity contribution in [1.29, 1.82) is 0 Å². The van der Waals surface area contributed by atoms with Crippen molar-refractivity contribution in [3.63, 3.8) is 0 Å². The molecule has 3 rings (SSSR count). The molecule has 1 aromatic rings. The van der Waals surface area contributed by atoms with Crippen molar-refractivity contribution < 1.29 is 9.53 Å². The molecule has 1 aliphatic heterocycles. The van der Waals surface area contributed by atoms with E-state index < -0.39 is 0 Å². The molecule has 2 aliphatic rings. The van der Waals surface area contributed by atoms with E-state index in [9.17, 15) is 4.79 Å². The quantitative estimate of drug-likeness (QED) is 0.906. The topological polar surface area (TPSA) is 55.6 Å². The average Bonchev–Trinajstić information content (AvgIpc) is 2.94. The monoisotopic (exact) mass is 288 g/mol. The highest BCUT2D eigenvalue weighted by Gasteiger charge is 2.36. The highest BCUT2D eigenvalue weighted by Crippen LogP contribution is 2.30. The van der Waals surface area contributed by atoms with Gasteiger partial charge in [0, 0.05) is 12.0 Å². The lowest BCUT2D eigenvalue weighted by Gasteiger charge is -2.39. The maximum Gasteiger partial charge on any atom is 0.226 e. The lowest BCUT2D eigenvalue weighted by atomic mass is 10.0. The summed E-state index contributed by atoms with van der Waals surface area (Å²) in [5.74, 6) is 0.372. The van der Waals surface area contributed by atoms with Gasteiger partial charge in [-0.15, -0.1) is 0 Å².